The molecule has 0 radical (unpaired) electrons. The fourth-order valence-corrected chi connectivity index (χ4v) is 3.42. The highest BCUT2D eigenvalue weighted by atomic mass is 16.5. The lowest BCUT2D eigenvalue weighted by atomic mass is 9.78. The van der Waals surface area contributed by atoms with Gasteiger partial charge >= 0.3 is 0 Å². The number of hydrogen-bond donors (Lipinski definition) is 0. The van der Waals surface area contributed by atoms with Crippen LogP contribution in [-0.2, 0) is 11.8 Å². The Morgan fingerprint density at radius 3 is 2.28 bits per heavy atom. The van der Waals surface area contributed by atoms with Crippen LogP contribution in [0.2, 0.25) is 0 Å². The van der Waals surface area contributed by atoms with Crippen LogP contribution in [0.15, 0.2) is 78.9 Å². The van der Waals surface area contributed by atoms with E-state index >= 15 is 0 Å². The highest BCUT2D eigenvalue weighted by molar-refractivity contribution is 5.38. The van der Waals surface area contributed by atoms with Crippen LogP contribution >= 0.6 is 0 Å². The van der Waals surface area contributed by atoms with E-state index in [-0.39, 0.29) is 5.41 Å². The van der Waals surface area contributed by atoms with Gasteiger partial charge in [0.05, 0.1) is 12.0 Å². The summed E-state index contributed by atoms with van der Waals surface area (Å²) in [6.07, 6.45) is 8.80. The molecule has 0 fully saturated rings. The average molecular weight is 385 g/mol. The van der Waals surface area contributed by atoms with Crippen molar-refractivity contribution in [2.24, 2.45) is 0 Å². The molecule has 0 saturated carbocycles. The summed E-state index contributed by atoms with van der Waals surface area (Å²) >= 11 is 0. The maximum Gasteiger partial charge on any atom is 0.127 e. The maximum absolute atomic E-state index is 5.94. The Balaban J connectivity index is 1.60. The van der Waals surface area contributed by atoms with Crippen molar-refractivity contribution >= 4 is 0 Å². The van der Waals surface area contributed by atoms with Crippen molar-refractivity contribution in [2.75, 3.05) is 6.61 Å². The molecule has 3 aromatic rings. The lowest BCUT2D eigenvalue weighted by Crippen LogP contribution is -2.19. The van der Waals surface area contributed by atoms with Gasteiger partial charge in [-0.15, -0.1) is 6.42 Å². The first-order valence-electron chi connectivity index (χ1n) is 10.2. The molecular formula is C27H28O2. The second kappa shape index (κ2) is 9.85. The summed E-state index contributed by atoms with van der Waals surface area (Å²) in [4.78, 5) is 0. The van der Waals surface area contributed by atoms with Crippen molar-refractivity contribution in [3.8, 4) is 29.6 Å². The van der Waals surface area contributed by atoms with Crippen LogP contribution in [0.25, 0.3) is 0 Å². The summed E-state index contributed by atoms with van der Waals surface area (Å²) < 4.78 is 11.5. The van der Waals surface area contributed by atoms with E-state index in [9.17, 15) is 0 Å². The van der Waals surface area contributed by atoms with Crippen molar-refractivity contribution in [3.63, 3.8) is 0 Å². The Hall–Kier alpha value is -3.18. The molecule has 29 heavy (non-hydrogen) atoms. The van der Waals surface area contributed by atoms with Gasteiger partial charge in [-0.1, -0.05) is 48.4 Å². The lowest BCUT2D eigenvalue weighted by molar-refractivity contribution is 0.340. The van der Waals surface area contributed by atoms with E-state index < -0.39 is 0 Å². The number of rotatable bonds is 9. The van der Waals surface area contributed by atoms with Crippen molar-refractivity contribution in [1.29, 1.82) is 0 Å². The summed E-state index contributed by atoms with van der Waals surface area (Å²) in [5.74, 6) is 5.60. The molecule has 3 aromatic carbocycles. The van der Waals surface area contributed by atoms with Crippen molar-refractivity contribution in [2.45, 2.75) is 38.5 Å². The second-order valence-electron chi connectivity index (χ2n) is 7.35. The molecule has 1 atom stereocenters. The number of hydrogen-bond acceptors (Lipinski definition) is 2. The van der Waals surface area contributed by atoms with E-state index in [1.54, 1.807) is 0 Å². The van der Waals surface area contributed by atoms with E-state index in [1.807, 2.05) is 61.5 Å². The fourth-order valence-electron chi connectivity index (χ4n) is 3.42. The summed E-state index contributed by atoms with van der Waals surface area (Å²) in [6.45, 7) is 4.79. The molecule has 0 bridgehead atoms. The van der Waals surface area contributed by atoms with Crippen molar-refractivity contribution in [1.82, 2.24) is 0 Å². The molecule has 0 aliphatic heterocycles. The van der Waals surface area contributed by atoms with E-state index in [4.69, 9.17) is 15.9 Å². The number of para-hydroxylation sites is 1. The Kier molecular flexibility index (Phi) is 6.98. The highest BCUT2D eigenvalue weighted by Crippen LogP contribution is 2.31. The SMILES string of the molecule is C#CC(C)(CCCc1cccc(Oc2ccccc2)c1)c1ccc(OCC)cc1. The average Bonchev–Trinajstić information content (AvgIpc) is 2.75. The van der Waals surface area contributed by atoms with Crippen LogP contribution < -0.4 is 9.47 Å². The van der Waals surface area contributed by atoms with Crippen LogP contribution in [0.5, 0.6) is 17.2 Å². The molecule has 1 unspecified atom stereocenters. The minimum Gasteiger partial charge on any atom is -0.494 e. The van der Waals surface area contributed by atoms with Crippen molar-refractivity contribution < 1.29 is 9.47 Å². The predicted octanol–water partition coefficient (Wildman–Crippen LogP) is 6.79. The minimum absolute atomic E-state index is 0.289. The third kappa shape index (κ3) is 5.65. The smallest absolute Gasteiger partial charge is 0.127 e. The summed E-state index contributed by atoms with van der Waals surface area (Å²) in [7, 11) is 0. The standard InChI is InChI=1S/C27H28O2/c1-4-27(3,23-16-18-24(19-17-23)28-5-2)20-10-12-22-11-9-15-26(21-22)29-25-13-7-6-8-14-25/h1,6-9,11,13-19,21H,5,10,12,20H2,2-3H3. The van der Waals surface area contributed by atoms with E-state index in [1.165, 1.54) is 5.56 Å². The summed E-state index contributed by atoms with van der Waals surface area (Å²) in [5.41, 5.74) is 2.12. The van der Waals surface area contributed by atoms with Gasteiger partial charge in [0, 0.05) is 0 Å². The van der Waals surface area contributed by atoms with Gasteiger partial charge in [0.15, 0.2) is 0 Å². The molecule has 148 valence electrons. The zero-order valence-electron chi connectivity index (χ0n) is 17.2. The van der Waals surface area contributed by atoms with Crippen LogP contribution in [-0.4, -0.2) is 6.61 Å². The zero-order chi connectivity index (χ0) is 20.5. The van der Waals surface area contributed by atoms with Gasteiger partial charge in [0.1, 0.15) is 17.2 Å². The van der Waals surface area contributed by atoms with Gasteiger partial charge in [0.25, 0.3) is 0 Å². The van der Waals surface area contributed by atoms with Crippen LogP contribution in [0.3, 0.4) is 0 Å². The number of ether oxygens (including phenoxy) is 2. The Labute approximate surface area is 174 Å². The topological polar surface area (TPSA) is 18.5 Å². The first-order chi connectivity index (χ1) is 14.1. The van der Waals surface area contributed by atoms with Crippen LogP contribution in [0.1, 0.15) is 37.8 Å². The first kappa shape index (κ1) is 20.6. The van der Waals surface area contributed by atoms with Crippen LogP contribution in [0, 0.1) is 12.3 Å². The zero-order valence-corrected chi connectivity index (χ0v) is 17.2. The molecule has 0 aliphatic carbocycles. The first-order valence-corrected chi connectivity index (χ1v) is 10.2. The van der Waals surface area contributed by atoms with E-state index in [0.717, 1.165) is 42.1 Å². The molecule has 2 nitrogen and oxygen atoms in total. The van der Waals surface area contributed by atoms with Gasteiger partial charge in [-0.2, -0.15) is 0 Å². The fraction of sp³-hybridized carbons (Fsp3) is 0.259. The number of aryl methyl sites for hydroxylation is 1. The highest BCUT2D eigenvalue weighted by Gasteiger charge is 2.23. The summed E-state index contributed by atoms with van der Waals surface area (Å²) in [6, 6.07) is 26.3. The molecule has 0 saturated heterocycles. The van der Waals surface area contributed by atoms with Gasteiger partial charge in [0.2, 0.25) is 0 Å². The molecular weight excluding hydrogens is 356 g/mol. The van der Waals surface area contributed by atoms with Gasteiger partial charge in [-0.25, -0.2) is 0 Å². The Morgan fingerprint density at radius 1 is 0.862 bits per heavy atom. The normalized spacial score (nSPS) is 12.6. The van der Waals surface area contributed by atoms with E-state index in [2.05, 4.69) is 37.1 Å². The van der Waals surface area contributed by atoms with Gasteiger partial charge < -0.3 is 9.47 Å². The summed E-state index contributed by atoms with van der Waals surface area (Å²) in [5, 5.41) is 0. The monoisotopic (exact) mass is 384 g/mol. The van der Waals surface area contributed by atoms with E-state index in [0.29, 0.717) is 6.61 Å². The minimum atomic E-state index is -0.289. The maximum atomic E-state index is 5.94. The Morgan fingerprint density at radius 2 is 1.59 bits per heavy atom. The third-order valence-corrected chi connectivity index (χ3v) is 5.14. The second-order valence-corrected chi connectivity index (χ2v) is 7.35. The molecule has 2 heteroatoms. The molecule has 0 aromatic heterocycles. The molecule has 3 rings (SSSR count). The molecule has 0 aliphatic rings. The van der Waals surface area contributed by atoms with Gasteiger partial charge in [-0.3, -0.25) is 0 Å². The number of terminal acetylenes is 1. The van der Waals surface area contributed by atoms with Crippen LogP contribution in [0.4, 0.5) is 0 Å². The third-order valence-electron chi connectivity index (χ3n) is 5.14. The molecule has 0 heterocycles. The largest absolute Gasteiger partial charge is 0.494 e. The molecule has 0 N–H and O–H groups in total. The van der Waals surface area contributed by atoms with Gasteiger partial charge in [-0.05, 0) is 80.6 Å². The lowest BCUT2D eigenvalue weighted by Gasteiger charge is -2.24. The Bertz CT molecular complexity index is 938. The van der Waals surface area contributed by atoms with Crippen molar-refractivity contribution in [3.05, 3.63) is 90.0 Å². The quantitative estimate of drug-likeness (QED) is 0.378. The molecule has 0 spiro atoms. The number of benzene rings is 3. The predicted molar refractivity (Wildman–Crippen MR) is 120 cm³/mol. The molecule has 0 amide bonds.